The number of rotatable bonds is 4. The summed E-state index contributed by atoms with van der Waals surface area (Å²) < 4.78 is 18.6. The van der Waals surface area contributed by atoms with Crippen molar-refractivity contribution in [2.24, 2.45) is 5.73 Å². The van der Waals surface area contributed by atoms with Gasteiger partial charge < -0.3 is 10.5 Å². The molecule has 0 radical (unpaired) electrons. The molecule has 0 fully saturated rings. The summed E-state index contributed by atoms with van der Waals surface area (Å²) >= 11 is 3.14. The first-order valence-corrected chi connectivity index (χ1v) is 5.54. The molecule has 1 heterocycles. The van der Waals surface area contributed by atoms with Gasteiger partial charge in [-0.15, -0.1) is 12.4 Å². The van der Waals surface area contributed by atoms with E-state index < -0.39 is 18.2 Å². The third kappa shape index (κ3) is 4.22. The smallest absolute Gasteiger partial charge is 0.342 e. The van der Waals surface area contributed by atoms with Gasteiger partial charge in [0, 0.05) is 11.8 Å². The van der Waals surface area contributed by atoms with Gasteiger partial charge in [-0.2, -0.15) is 0 Å². The van der Waals surface area contributed by atoms with Crippen molar-refractivity contribution in [3.8, 4) is 0 Å². The van der Waals surface area contributed by atoms with Gasteiger partial charge in [0.1, 0.15) is 4.60 Å². The fraction of sp³-hybridized carbons (Fsp3) is 0.400. The number of alkyl halides is 1. The number of aromatic nitrogens is 1. The standard InChI is InChI=1S/C10H12BrFN2O2.ClH/c1-2-16-10(15)7(12)8(13)6-4-3-5-14-9(6)11;/h3-5,7-8H,2,13H2,1H3;1H/t7?,8-;/m0./s1. The molecule has 0 spiro atoms. The third-order valence-electron chi connectivity index (χ3n) is 1.97. The van der Waals surface area contributed by atoms with Crippen LogP contribution < -0.4 is 5.73 Å². The van der Waals surface area contributed by atoms with Gasteiger partial charge in [0.25, 0.3) is 0 Å². The van der Waals surface area contributed by atoms with E-state index in [4.69, 9.17) is 5.73 Å². The lowest BCUT2D eigenvalue weighted by Gasteiger charge is -2.16. The highest BCUT2D eigenvalue weighted by Crippen LogP contribution is 2.23. The number of halogens is 3. The fourth-order valence-corrected chi connectivity index (χ4v) is 1.69. The van der Waals surface area contributed by atoms with E-state index >= 15 is 0 Å². The Hall–Kier alpha value is -0.720. The normalized spacial score (nSPS) is 13.4. The van der Waals surface area contributed by atoms with Crippen molar-refractivity contribution in [1.29, 1.82) is 0 Å². The van der Waals surface area contributed by atoms with Crippen LogP contribution in [0.5, 0.6) is 0 Å². The average molecular weight is 328 g/mol. The van der Waals surface area contributed by atoms with Crippen LogP contribution in [0.15, 0.2) is 22.9 Å². The first kappa shape index (κ1) is 16.3. The molecule has 0 aliphatic rings. The van der Waals surface area contributed by atoms with Crippen molar-refractivity contribution in [3.05, 3.63) is 28.5 Å². The second kappa shape index (κ2) is 7.58. The van der Waals surface area contributed by atoms with Crippen molar-refractivity contribution >= 4 is 34.3 Å². The highest BCUT2D eigenvalue weighted by molar-refractivity contribution is 9.10. The third-order valence-corrected chi connectivity index (χ3v) is 2.64. The van der Waals surface area contributed by atoms with E-state index in [0.29, 0.717) is 10.2 Å². The van der Waals surface area contributed by atoms with E-state index in [0.717, 1.165) is 0 Å². The topological polar surface area (TPSA) is 65.2 Å². The molecule has 4 nitrogen and oxygen atoms in total. The summed E-state index contributed by atoms with van der Waals surface area (Å²) in [6.07, 6.45) is -0.349. The van der Waals surface area contributed by atoms with Gasteiger partial charge in [-0.25, -0.2) is 14.2 Å². The van der Waals surface area contributed by atoms with Crippen molar-refractivity contribution in [3.63, 3.8) is 0 Å². The minimum Gasteiger partial charge on any atom is -0.464 e. The molecule has 0 saturated carbocycles. The summed E-state index contributed by atoms with van der Waals surface area (Å²) in [7, 11) is 0. The number of nitrogens with zero attached hydrogens (tertiary/aromatic N) is 1. The number of carbonyl (C=O) groups excluding carboxylic acids is 1. The molecule has 0 saturated heterocycles. The quantitative estimate of drug-likeness (QED) is 0.680. The molecule has 17 heavy (non-hydrogen) atoms. The van der Waals surface area contributed by atoms with Crippen LogP contribution in [0.25, 0.3) is 0 Å². The predicted molar refractivity (Wildman–Crippen MR) is 67.6 cm³/mol. The number of esters is 1. The van der Waals surface area contributed by atoms with Crippen LogP contribution in [0.4, 0.5) is 4.39 Å². The van der Waals surface area contributed by atoms with Crippen LogP contribution in [-0.4, -0.2) is 23.7 Å². The number of pyridine rings is 1. The first-order valence-electron chi connectivity index (χ1n) is 4.74. The molecule has 7 heteroatoms. The second-order valence-electron chi connectivity index (χ2n) is 3.06. The highest BCUT2D eigenvalue weighted by atomic mass is 79.9. The Balaban J connectivity index is 0.00000256. The second-order valence-corrected chi connectivity index (χ2v) is 3.81. The number of ether oxygens (including phenoxy) is 1. The van der Waals surface area contributed by atoms with E-state index in [-0.39, 0.29) is 19.0 Å². The van der Waals surface area contributed by atoms with Gasteiger partial charge in [0.2, 0.25) is 6.17 Å². The molecule has 0 amide bonds. The lowest BCUT2D eigenvalue weighted by Crippen LogP contribution is -2.31. The van der Waals surface area contributed by atoms with Crippen LogP contribution in [0.3, 0.4) is 0 Å². The van der Waals surface area contributed by atoms with Crippen molar-refractivity contribution < 1.29 is 13.9 Å². The summed E-state index contributed by atoms with van der Waals surface area (Å²) in [6.45, 7) is 1.73. The molecule has 0 bridgehead atoms. The van der Waals surface area contributed by atoms with E-state index in [1.54, 1.807) is 19.1 Å². The zero-order chi connectivity index (χ0) is 12.1. The maximum absolute atomic E-state index is 13.6. The Labute approximate surface area is 113 Å². The van der Waals surface area contributed by atoms with Crippen LogP contribution in [0.1, 0.15) is 18.5 Å². The minimum absolute atomic E-state index is 0. The van der Waals surface area contributed by atoms with Crippen LogP contribution in [0, 0.1) is 0 Å². The monoisotopic (exact) mass is 326 g/mol. The molecule has 2 atom stereocenters. The minimum atomic E-state index is -1.89. The Kier molecular flexibility index (Phi) is 7.26. The molecule has 0 aromatic carbocycles. The number of hydrogen-bond acceptors (Lipinski definition) is 4. The van der Waals surface area contributed by atoms with E-state index in [2.05, 4.69) is 25.7 Å². The summed E-state index contributed by atoms with van der Waals surface area (Å²) in [4.78, 5) is 15.1. The predicted octanol–water partition coefficient (Wildman–Crippen LogP) is 2.17. The Bertz CT molecular complexity index is 381. The lowest BCUT2D eigenvalue weighted by molar-refractivity contribution is -0.149. The maximum Gasteiger partial charge on any atom is 0.342 e. The van der Waals surface area contributed by atoms with Gasteiger partial charge in [-0.1, -0.05) is 6.07 Å². The molecule has 2 N–H and O–H groups in total. The number of nitrogens with two attached hydrogens (primary N) is 1. The van der Waals surface area contributed by atoms with Crippen LogP contribution in [0.2, 0.25) is 0 Å². The molecule has 0 aliphatic heterocycles. The SMILES string of the molecule is CCOC(=O)C(F)[C@@H](N)c1cccnc1Br.Cl. The summed E-state index contributed by atoms with van der Waals surface area (Å²) in [6, 6.07) is 2.15. The Morgan fingerprint density at radius 3 is 2.88 bits per heavy atom. The average Bonchev–Trinajstić information content (AvgIpc) is 2.28. The van der Waals surface area contributed by atoms with Crippen molar-refractivity contribution in [2.45, 2.75) is 19.1 Å². The largest absolute Gasteiger partial charge is 0.464 e. The van der Waals surface area contributed by atoms with Gasteiger partial charge in [0.15, 0.2) is 0 Å². The molecule has 1 aromatic heterocycles. The fourth-order valence-electron chi connectivity index (χ4n) is 1.17. The summed E-state index contributed by atoms with van der Waals surface area (Å²) in [5.74, 6) is -0.953. The number of carbonyl (C=O) groups is 1. The van der Waals surface area contributed by atoms with Gasteiger partial charge in [-0.05, 0) is 28.9 Å². The lowest BCUT2D eigenvalue weighted by atomic mass is 10.1. The first-order chi connectivity index (χ1) is 7.57. The van der Waals surface area contributed by atoms with Gasteiger partial charge in [-0.3, -0.25) is 0 Å². The van der Waals surface area contributed by atoms with E-state index in [1.807, 2.05) is 0 Å². The summed E-state index contributed by atoms with van der Waals surface area (Å²) in [5, 5.41) is 0. The molecule has 1 unspecified atom stereocenters. The molecule has 1 aromatic rings. The zero-order valence-electron chi connectivity index (χ0n) is 9.10. The van der Waals surface area contributed by atoms with Crippen LogP contribution >= 0.6 is 28.3 Å². The molecular weight excluding hydrogens is 314 g/mol. The molecule has 0 aliphatic carbocycles. The highest BCUT2D eigenvalue weighted by Gasteiger charge is 2.29. The van der Waals surface area contributed by atoms with Gasteiger partial charge >= 0.3 is 5.97 Å². The Morgan fingerprint density at radius 2 is 2.35 bits per heavy atom. The maximum atomic E-state index is 13.6. The molecule has 1 rings (SSSR count). The number of hydrogen-bond donors (Lipinski definition) is 1. The zero-order valence-corrected chi connectivity index (χ0v) is 11.5. The van der Waals surface area contributed by atoms with Crippen LogP contribution in [-0.2, 0) is 9.53 Å². The van der Waals surface area contributed by atoms with Crippen molar-refractivity contribution in [2.75, 3.05) is 6.61 Å². The Morgan fingerprint density at radius 1 is 1.71 bits per heavy atom. The molecular formula is C10H13BrClFN2O2. The van der Waals surface area contributed by atoms with Gasteiger partial charge in [0.05, 0.1) is 12.6 Å². The van der Waals surface area contributed by atoms with Crippen molar-refractivity contribution in [1.82, 2.24) is 4.98 Å². The van der Waals surface area contributed by atoms with E-state index in [9.17, 15) is 9.18 Å². The summed E-state index contributed by atoms with van der Waals surface area (Å²) in [5.41, 5.74) is 6.06. The van der Waals surface area contributed by atoms with E-state index in [1.165, 1.54) is 6.20 Å². The molecule has 96 valence electrons.